The Hall–Kier alpha value is -3.43. The number of benzene rings is 3. The monoisotopic (exact) mass is 525 g/mol. The quantitative estimate of drug-likeness (QED) is 0.322. The van der Waals surface area contributed by atoms with E-state index in [-0.39, 0.29) is 11.0 Å². The van der Waals surface area contributed by atoms with E-state index in [1.807, 2.05) is 43.3 Å². The number of fused-ring (bicyclic) bond motifs is 1. The molecule has 0 aliphatic carbocycles. The molecule has 7 nitrogen and oxygen atoms in total. The first-order valence-electron chi connectivity index (χ1n) is 9.89. The summed E-state index contributed by atoms with van der Waals surface area (Å²) >= 11 is 8.74. The average Bonchev–Trinajstić information content (AvgIpc) is 3.23. The Morgan fingerprint density at radius 3 is 2.64 bits per heavy atom. The van der Waals surface area contributed by atoms with Crippen LogP contribution in [0, 0.1) is 6.92 Å². The molecule has 0 spiro atoms. The predicted octanol–water partition coefficient (Wildman–Crippen LogP) is 5.71. The number of methoxy groups -OCH3 is 2. The Kier molecular flexibility index (Phi) is 6.62. The van der Waals surface area contributed by atoms with Gasteiger partial charge in [0.05, 0.1) is 19.8 Å². The van der Waals surface area contributed by atoms with Crippen molar-refractivity contribution in [1.82, 2.24) is 10.3 Å². The number of aryl methyl sites for hydroxylation is 1. The van der Waals surface area contributed by atoms with Gasteiger partial charge in [-0.15, -0.1) is 0 Å². The van der Waals surface area contributed by atoms with Crippen LogP contribution in [-0.4, -0.2) is 30.2 Å². The predicted molar refractivity (Wildman–Crippen MR) is 135 cm³/mol. The van der Waals surface area contributed by atoms with Crippen LogP contribution in [0.4, 0.5) is 5.69 Å². The third-order valence-electron chi connectivity index (χ3n) is 4.96. The molecule has 33 heavy (non-hydrogen) atoms. The fraction of sp³-hybridized carbons (Fsp3) is 0.125. The van der Waals surface area contributed by atoms with Crippen molar-refractivity contribution in [3.05, 3.63) is 70.2 Å². The second kappa shape index (κ2) is 9.60. The maximum atomic E-state index is 12.7. The summed E-state index contributed by atoms with van der Waals surface area (Å²) in [6.45, 7) is 1.94. The maximum Gasteiger partial charge on any atom is 0.261 e. The highest BCUT2D eigenvalue weighted by molar-refractivity contribution is 9.10. The van der Waals surface area contributed by atoms with Crippen LogP contribution in [0.5, 0.6) is 11.5 Å². The molecule has 0 radical (unpaired) electrons. The van der Waals surface area contributed by atoms with Gasteiger partial charge in [0.15, 0.2) is 10.7 Å². The molecule has 4 rings (SSSR count). The Bertz CT molecular complexity index is 1370. The minimum absolute atomic E-state index is 0.157. The van der Waals surface area contributed by atoms with Crippen LogP contribution >= 0.6 is 28.1 Å². The number of carbonyl (C=O) groups is 1. The van der Waals surface area contributed by atoms with Gasteiger partial charge in [-0.25, -0.2) is 4.98 Å². The highest BCUT2D eigenvalue weighted by Gasteiger charge is 2.16. The Morgan fingerprint density at radius 1 is 1.06 bits per heavy atom. The van der Waals surface area contributed by atoms with Crippen molar-refractivity contribution >= 4 is 56.0 Å². The van der Waals surface area contributed by atoms with Gasteiger partial charge in [0.2, 0.25) is 5.89 Å². The summed E-state index contributed by atoms with van der Waals surface area (Å²) in [7, 11) is 3.11. The van der Waals surface area contributed by atoms with Crippen molar-refractivity contribution in [1.29, 1.82) is 0 Å². The summed E-state index contributed by atoms with van der Waals surface area (Å²) in [6, 6.07) is 16.3. The van der Waals surface area contributed by atoms with Gasteiger partial charge in [-0.2, -0.15) is 0 Å². The number of oxazole rings is 1. The summed E-state index contributed by atoms with van der Waals surface area (Å²) in [4.78, 5) is 17.3. The normalized spacial score (nSPS) is 10.7. The van der Waals surface area contributed by atoms with Crippen LogP contribution in [0.2, 0.25) is 0 Å². The van der Waals surface area contributed by atoms with Gasteiger partial charge in [0, 0.05) is 21.8 Å². The molecule has 168 valence electrons. The second-order valence-corrected chi connectivity index (χ2v) is 8.46. The van der Waals surface area contributed by atoms with Crippen LogP contribution in [0.25, 0.3) is 22.6 Å². The van der Waals surface area contributed by atoms with Crippen LogP contribution in [0.3, 0.4) is 0 Å². The van der Waals surface area contributed by atoms with Crippen LogP contribution in [0.1, 0.15) is 15.9 Å². The molecule has 1 heterocycles. The molecule has 4 aromatic rings. The van der Waals surface area contributed by atoms with Gasteiger partial charge in [-0.1, -0.05) is 22.0 Å². The van der Waals surface area contributed by atoms with Gasteiger partial charge in [-0.3, -0.25) is 10.1 Å². The molecule has 0 atom stereocenters. The van der Waals surface area contributed by atoms with Crippen molar-refractivity contribution in [2.24, 2.45) is 0 Å². The smallest absolute Gasteiger partial charge is 0.261 e. The molecular weight excluding hydrogens is 506 g/mol. The number of rotatable bonds is 5. The lowest BCUT2D eigenvalue weighted by Crippen LogP contribution is -2.34. The number of hydrogen-bond donors (Lipinski definition) is 2. The highest BCUT2D eigenvalue weighted by Crippen LogP contribution is 2.29. The van der Waals surface area contributed by atoms with Gasteiger partial charge in [0.1, 0.15) is 17.0 Å². The van der Waals surface area contributed by atoms with E-state index in [1.165, 1.54) is 7.11 Å². The van der Waals surface area contributed by atoms with E-state index in [9.17, 15) is 4.79 Å². The van der Waals surface area contributed by atoms with Crippen LogP contribution in [0.15, 0.2) is 63.5 Å². The molecule has 0 unspecified atom stereocenters. The number of thiocarbonyl (C=S) groups is 1. The fourth-order valence-electron chi connectivity index (χ4n) is 3.23. The zero-order chi connectivity index (χ0) is 23.5. The first-order chi connectivity index (χ1) is 15.9. The van der Waals surface area contributed by atoms with Crippen molar-refractivity contribution in [2.45, 2.75) is 6.92 Å². The average molecular weight is 526 g/mol. The molecule has 0 saturated heterocycles. The van der Waals surface area contributed by atoms with E-state index in [1.54, 1.807) is 25.3 Å². The molecule has 0 bridgehead atoms. The topological polar surface area (TPSA) is 85.6 Å². The third-order valence-corrected chi connectivity index (χ3v) is 5.66. The van der Waals surface area contributed by atoms with E-state index in [4.69, 9.17) is 26.1 Å². The number of anilines is 1. The molecule has 1 aromatic heterocycles. The maximum absolute atomic E-state index is 12.7. The number of nitrogens with zero attached hydrogens (tertiary/aromatic N) is 1. The summed E-state index contributed by atoms with van der Waals surface area (Å²) in [5.74, 6) is 1.24. The summed E-state index contributed by atoms with van der Waals surface area (Å²) in [5.41, 5.74) is 4.15. The molecule has 2 N–H and O–H groups in total. The molecule has 0 fully saturated rings. The van der Waals surface area contributed by atoms with E-state index in [0.29, 0.717) is 34.1 Å². The van der Waals surface area contributed by atoms with Gasteiger partial charge >= 0.3 is 0 Å². The number of aromatic nitrogens is 1. The Balaban J connectivity index is 1.54. The molecule has 9 heteroatoms. The lowest BCUT2D eigenvalue weighted by Gasteiger charge is -2.14. The molecular formula is C24H20BrN3O4S. The number of halogens is 1. The van der Waals surface area contributed by atoms with Gasteiger partial charge in [0.25, 0.3) is 5.91 Å². The van der Waals surface area contributed by atoms with Crippen molar-refractivity contribution in [3.63, 3.8) is 0 Å². The zero-order valence-corrected chi connectivity index (χ0v) is 20.5. The number of nitrogens with one attached hydrogen (secondary N) is 2. The van der Waals surface area contributed by atoms with Crippen molar-refractivity contribution < 1.29 is 18.7 Å². The van der Waals surface area contributed by atoms with Gasteiger partial charge < -0.3 is 19.2 Å². The first kappa shape index (κ1) is 22.8. The zero-order valence-electron chi connectivity index (χ0n) is 18.1. The Labute approximate surface area is 204 Å². The largest absolute Gasteiger partial charge is 0.497 e. The Morgan fingerprint density at radius 2 is 1.88 bits per heavy atom. The number of hydrogen-bond acceptors (Lipinski definition) is 6. The molecule has 0 aliphatic rings. The SMILES string of the molecule is COc1ccc2oc(-c3ccc(C)c(NC(=S)NC(=O)c4cc(Br)ccc4OC)c3)nc2c1. The number of ether oxygens (including phenoxy) is 2. The highest BCUT2D eigenvalue weighted by atomic mass is 79.9. The van der Waals surface area contributed by atoms with Crippen molar-refractivity contribution in [2.75, 3.05) is 19.5 Å². The van der Waals surface area contributed by atoms with E-state index < -0.39 is 0 Å². The van der Waals surface area contributed by atoms with Crippen LogP contribution < -0.4 is 20.1 Å². The van der Waals surface area contributed by atoms with Gasteiger partial charge in [-0.05, 0) is 67.2 Å². The third kappa shape index (κ3) is 4.99. The minimum atomic E-state index is -0.382. The number of carbonyl (C=O) groups excluding carboxylic acids is 1. The number of amides is 1. The fourth-order valence-corrected chi connectivity index (χ4v) is 3.79. The first-order valence-corrected chi connectivity index (χ1v) is 11.1. The molecule has 1 amide bonds. The van der Waals surface area contributed by atoms with Crippen LogP contribution in [-0.2, 0) is 0 Å². The lowest BCUT2D eigenvalue weighted by molar-refractivity contribution is 0.0974. The summed E-state index contributed by atoms with van der Waals surface area (Å²) in [6.07, 6.45) is 0. The minimum Gasteiger partial charge on any atom is -0.497 e. The van der Waals surface area contributed by atoms with Crippen molar-refractivity contribution in [3.8, 4) is 23.0 Å². The summed E-state index contributed by atoms with van der Waals surface area (Å²) < 4.78 is 17.2. The van der Waals surface area contributed by atoms with E-state index >= 15 is 0 Å². The standard InChI is InChI=1S/C24H20BrN3O4S/c1-13-4-5-14(23-26-19-12-16(30-2)7-9-21(19)32-23)10-18(13)27-24(33)28-22(29)17-11-15(25)6-8-20(17)31-3/h4-12H,1-3H3,(H2,27,28,29,33). The second-order valence-electron chi connectivity index (χ2n) is 7.14. The lowest BCUT2D eigenvalue weighted by atomic mass is 10.1. The summed E-state index contributed by atoms with van der Waals surface area (Å²) in [5, 5.41) is 5.93. The molecule has 3 aromatic carbocycles. The van der Waals surface area contributed by atoms with E-state index in [0.717, 1.165) is 21.3 Å². The van der Waals surface area contributed by atoms with E-state index in [2.05, 4.69) is 31.5 Å². The molecule has 0 saturated carbocycles. The molecule has 0 aliphatic heterocycles.